The van der Waals surface area contributed by atoms with E-state index >= 15 is 0 Å². The van der Waals surface area contributed by atoms with Gasteiger partial charge in [-0.1, -0.05) is 23.2 Å². The maximum absolute atomic E-state index is 12.5. The molecular weight excluding hydrogens is 297 g/mol. The first-order valence-corrected chi connectivity index (χ1v) is 6.37. The van der Waals surface area contributed by atoms with Crippen LogP contribution in [0.5, 0.6) is 5.75 Å². The molecule has 0 aliphatic rings. The number of ketones is 1. The van der Waals surface area contributed by atoms with E-state index in [9.17, 15) is 4.79 Å². The molecule has 0 atom stereocenters. The van der Waals surface area contributed by atoms with Gasteiger partial charge in [-0.2, -0.15) is 0 Å². The summed E-state index contributed by atoms with van der Waals surface area (Å²) in [4.78, 5) is 15.8. The highest BCUT2D eigenvalue weighted by molar-refractivity contribution is 6.32. The highest BCUT2D eigenvalue weighted by Crippen LogP contribution is 2.28. The molecule has 0 aliphatic heterocycles. The first-order valence-electron chi connectivity index (χ1n) is 5.61. The third-order valence-corrected chi connectivity index (χ3v) is 3.13. The molecule has 0 saturated carbocycles. The maximum atomic E-state index is 12.5. The third kappa shape index (κ3) is 2.93. The largest absolute Gasteiger partial charge is 0.496 e. The highest BCUT2D eigenvalue weighted by atomic mass is 35.5. The standard InChI is InChI=1S/C15H9Cl2NO2/c1-18-12-6-9(5-11(17)7-12)15(19)13-8-10(16)3-4-14(13)20-2/h3-8H,2H3. The van der Waals surface area contributed by atoms with Gasteiger partial charge in [0.05, 0.1) is 19.2 Å². The number of carbonyl (C=O) groups excluding carboxylic acids is 1. The predicted octanol–water partition coefficient (Wildman–Crippen LogP) is 4.78. The van der Waals surface area contributed by atoms with Crippen molar-refractivity contribution in [3.8, 4) is 5.75 Å². The van der Waals surface area contributed by atoms with Crippen molar-refractivity contribution >= 4 is 34.7 Å². The molecule has 0 radical (unpaired) electrons. The van der Waals surface area contributed by atoms with Gasteiger partial charge in [0.25, 0.3) is 0 Å². The Kier molecular flexibility index (Phi) is 4.29. The van der Waals surface area contributed by atoms with Crippen LogP contribution < -0.4 is 4.74 Å². The van der Waals surface area contributed by atoms with Crippen LogP contribution in [-0.4, -0.2) is 12.9 Å². The molecule has 0 heterocycles. The number of benzene rings is 2. The topological polar surface area (TPSA) is 30.7 Å². The number of halogens is 2. The molecule has 0 aromatic heterocycles. The van der Waals surface area contributed by atoms with Crippen molar-refractivity contribution in [2.75, 3.05) is 7.11 Å². The Balaban J connectivity index is 2.54. The zero-order valence-corrected chi connectivity index (χ0v) is 12.0. The number of methoxy groups -OCH3 is 1. The van der Waals surface area contributed by atoms with Gasteiger partial charge in [0.15, 0.2) is 11.5 Å². The summed E-state index contributed by atoms with van der Waals surface area (Å²) in [6, 6.07) is 9.29. The maximum Gasteiger partial charge on any atom is 0.195 e. The zero-order valence-electron chi connectivity index (χ0n) is 10.5. The molecule has 100 valence electrons. The summed E-state index contributed by atoms with van der Waals surface area (Å²) < 4.78 is 5.16. The van der Waals surface area contributed by atoms with Gasteiger partial charge in [-0.05, 0) is 36.4 Å². The van der Waals surface area contributed by atoms with Crippen molar-refractivity contribution in [3.05, 3.63) is 69.0 Å². The molecule has 5 heteroatoms. The summed E-state index contributed by atoms with van der Waals surface area (Å²) in [6.45, 7) is 7.00. The number of hydrogen-bond acceptors (Lipinski definition) is 2. The van der Waals surface area contributed by atoms with Crippen LogP contribution in [0.2, 0.25) is 10.0 Å². The molecule has 0 spiro atoms. The van der Waals surface area contributed by atoms with E-state index in [1.807, 2.05) is 0 Å². The van der Waals surface area contributed by atoms with Crippen molar-refractivity contribution in [2.45, 2.75) is 0 Å². The highest BCUT2D eigenvalue weighted by Gasteiger charge is 2.16. The molecule has 0 fully saturated rings. The average molecular weight is 306 g/mol. The lowest BCUT2D eigenvalue weighted by atomic mass is 10.0. The summed E-state index contributed by atoms with van der Waals surface area (Å²) in [5, 5.41) is 0.768. The van der Waals surface area contributed by atoms with Crippen molar-refractivity contribution in [2.24, 2.45) is 0 Å². The van der Waals surface area contributed by atoms with Crippen LogP contribution >= 0.6 is 23.2 Å². The van der Waals surface area contributed by atoms with E-state index in [0.717, 1.165) is 0 Å². The lowest BCUT2D eigenvalue weighted by Crippen LogP contribution is -2.04. The molecule has 2 rings (SSSR count). The number of carbonyl (C=O) groups is 1. The summed E-state index contributed by atoms with van der Waals surface area (Å²) in [5.74, 6) is 0.125. The average Bonchev–Trinajstić information content (AvgIpc) is 2.45. The molecule has 2 aromatic rings. The van der Waals surface area contributed by atoms with Crippen LogP contribution in [0.15, 0.2) is 36.4 Å². The second-order valence-corrected chi connectivity index (χ2v) is 4.86. The smallest absolute Gasteiger partial charge is 0.195 e. The predicted molar refractivity (Wildman–Crippen MR) is 79.2 cm³/mol. The lowest BCUT2D eigenvalue weighted by Gasteiger charge is -2.08. The van der Waals surface area contributed by atoms with Gasteiger partial charge in [0, 0.05) is 15.6 Å². The molecule has 0 unspecified atom stereocenters. The Hall–Kier alpha value is -2.02. The number of rotatable bonds is 3. The normalized spacial score (nSPS) is 9.90. The fraction of sp³-hybridized carbons (Fsp3) is 0.0667. The van der Waals surface area contributed by atoms with Gasteiger partial charge in [-0.3, -0.25) is 4.79 Å². The van der Waals surface area contributed by atoms with Crippen LogP contribution in [0.1, 0.15) is 15.9 Å². The molecule has 0 amide bonds. The Morgan fingerprint density at radius 2 is 1.90 bits per heavy atom. The molecule has 20 heavy (non-hydrogen) atoms. The van der Waals surface area contributed by atoms with Crippen molar-refractivity contribution < 1.29 is 9.53 Å². The number of nitrogens with zero attached hydrogens (tertiary/aromatic N) is 1. The Morgan fingerprint density at radius 1 is 1.15 bits per heavy atom. The molecule has 0 N–H and O–H groups in total. The molecule has 0 bridgehead atoms. The zero-order chi connectivity index (χ0) is 14.7. The fourth-order valence-corrected chi connectivity index (χ4v) is 2.18. The second kappa shape index (κ2) is 5.96. The quantitative estimate of drug-likeness (QED) is 0.603. The van der Waals surface area contributed by atoms with Crippen molar-refractivity contribution in [1.82, 2.24) is 0 Å². The second-order valence-electron chi connectivity index (χ2n) is 3.98. The molecule has 0 saturated heterocycles. The van der Waals surface area contributed by atoms with Gasteiger partial charge in [-0.15, -0.1) is 0 Å². The van der Waals surface area contributed by atoms with Gasteiger partial charge in [0.1, 0.15) is 5.75 Å². The molecule has 0 aliphatic carbocycles. The minimum absolute atomic E-state index is 0.295. The fourth-order valence-electron chi connectivity index (χ4n) is 1.78. The van der Waals surface area contributed by atoms with Crippen LogP contribution in [0, 0.1) is 6.57 Å². The Morgan fingerprint density at radius 3 is 2.55 bits per heavy atom. The van der Waals surface area contributed by atoms with Crippen molar-refractivity contribution in [3.63, 3.8) is 0 Å². The summed E-state index contributed by atoms with van der Waals surface area (Å²) >= 11 is 11.8. The molecule has 2 aromatic carbocycles. The monoisotopic (exact) mass is 305 g/mol. The molecular formula is C15H9Cl2NO2. The first kappa shape index (κ1) is 14.4. The summed E-state index contributed by atoms with van der Waals surface area (Å²) in [5.41, 5.74) is 0.962. The minimum Gasteiger partial charge on any atom is -0.496 e. The Labute approximate surface area is 126 Å². The summed E-state index contributed by atoms with van der Waals surface area (Å²) in [6.07, 6.45) is 0. The van der Waals surface area contributed by atoms with Crippen LogP contribution in [0.3, 0.4) is 0 Å². The minimum atomic E-state index is -0.295. The van der Waals surface area contributed by atoms with E-state index in [4.69, 9.17) is 34.5 Å². The van der Waals surface area contributed by atoms with E-state index in [-0.39, 0.29) is 5.78 Å². The van der Waals surface area contributed by atoms with Gasteiger partial charge < -0.3 is 4.74 Å². The summed E-state index contributed by atoms with van der Waals surface area (Å²) in [7, 11) is 1.47. The van der Waals surface area contributed by atoms with Gasteiger partial charge in [-0.25, -0.2) is 4.85 Å². The lowest BCUT2D eigenvalue weighted by molar-refractivity contribution is 0.103. The van der Waals surface area contributed by atoms with E-state index in [1.54, 1.807) is 12.1 Å². The first-order chi connectivity index (χ1) is 9.55. The van der Waals surface area contributed by atoms with E-state index < -0.39 is 0 Å². The third-order valence-electron chi connectivity index (χ3n) is 2.68. The van der Waals surface area contributed by atoms with Crippen LogP contribution in [-0.2, 0) is 0 Å². The van der Waals surface area contributed by atoms with Gasteiger partial charge >= 0.3 is 0 Å². The van der Waals surface area contributed by atoms with E-state index in [0.29, 0.717) is 32.6 Å². The van der Waals surface area contributed by atoms with Gasteiger partial charge in [0.2, 0.25) is 0 Å². The van der Waals surface area contributed by atoms with E-state index in [1.165, 1.54) is 31.4 Å². The SMILES string of the molecule is [C-]#[N+]c1cc(Cl)cc(C(=O)c2cc(Cl)ccc2OC)c1. The number of hydrogen-bond donors (Lipinski definition) is 0. The van der Waals surface area contributed by atoms with E-state index in [2.05, 4.69) is 4.85 Å². The number of ether oxygens (including phenoxy) is 1. The van der Waals surface area contributed by atoms with Crippen LogP contribution in [0.25, 0.3) is 4.85 Å². The Bertz CT molecular complexity index is 720. The van der Waals surface area contributed by atoms with Crippen LogP contribution in [0.4, 0.5) is 5.69 Å². The molecule has 3 nitrogen and oxygen atoms in total. The van der Waals surface area contributed by atoms with Crippen molar-refractivity contribution in [1.29, 1.82) is 0 Å².